The molecule has 0 saturated heterocycles. The molecule has 0 unspecified atom stereocenters. The standard InChI is InChI=1S/C9H7F3O2/c10-9(11,12)7-1-3-8(4-2-7)14-6-5-13/h1-5H,6H2. The number of ether oxygens (including phenoxy) is 1. The van der Waals surface area contributed by atoms with E-state index in [1.165, 1.54) is 12.1 Å². The molecule has 0 aliphatic heterocycles. The molecule has 0 N–H and O–H groups in total. The van der Waals surface area contributed by atoms with E-state index in [9.17, 15) is 18.0 Å². The molecule has 0 saturated carbocycles. The van der Waals surface area contributed by atoms with Gasteiger partial charge in [-0.1, -0.05) is 0 Å². The lowest BCUT2D eigenvalue weighted by atomic mass is 10.2. The fraction of sp³-hybridized carbons (Fsp3) is 0.222. The van der Waals surface area contributed by atoms with Crippen molar-refractivity contribution in [2.45, 2.75) is 6.18 Å². The van der Waals surface area contributed by atoms with Crippen molar-refractivity contribution in [1.82, 2.24) is 0 Å². The normalized spacial score (nSPS) is 11.1. The molecule has 0 heterocycles. The van der Waals surface area contributed by atoms with E-state index in [2.05, 4.69) is 0 Å². The van der Waals surface area contributed by atoms with Gasteiger partial charge in [-0.05, 0) is 24.3 Å². The van der Waals surface area contributed by atoms with Crippen LogP contribution in [-0.4, -0.2) is 12.9 Å². The van der Waals surface area contributed by atoms with Crippen LogP contribution in [0.3, 0.4) is 0 Å². The van der Waals surface area contributed by atoms with Gasteiger partial charge in [-0.15, -0.1) is 0 Å². The Kier molecular flexibility index (Phi) is 3.11. The van der Waals surface area contributed by atoms with E-state index in [1.54, 1.807) is 0 Å². The number of hydrogen-bond acceptors (Lipinski definition) is 2. The van der Waals surface area contributed by atoms with Crippen molar-refractivity contribution in [3.8, 4) is 5.75 Å². The largest absolute Gasteiger partial charge is 0.486 e. The molecule has 2 nitrogen and oxygen atoms in total. The topological polar surface area (TPSA) is 26.3 Å². The number of hydrogen-bond donors (Lipinski definition) is 0. The summed E-state index contributed by atoms with van der Waals surface area (Å²) in [5, 5.41) is 0. The first-order valence-corrected chi connectivity index (χ1v) is 3.78. The molecule has 0 aliphatic carbocycles. The van der Waals surface area contributed by atoms with Crippen molar-refractivity contribution >= 4 is 6.29 Å². The summed E-state index contributed by atoms with van der Waals surface area (Å²) in [6, 6.07) is 4.15. The van der Waals surface area contributed by atoms with Gasteiger partial charge in [0, 0.05) is 0 Å². The fourth-order valence-electron chi connectivity index (χ4n) is 0.870. The van der Waals surface area contributed by atoms with Crippen molar-refractivity contribution in [2.75, 3.05) is 6.61 Å². The Hall–Kier alpha value is -1.52. The molecule has 0 fully saturated rings. The Bertz CT molecular complexity index is 303. The van der Waals surface area contributed by atoms with Crippen LogP contribution in [0.4, 0.5) is 13.2 Å². The number of carbonyl (C=O) groups excluding carboxylic acids is 1. The van der Waals surface area contributed by atoms with Crippen LogP contribution in [0.2, 0.25) is 0 Å². The highest BCUT2D eigenvalue weighted by atomic mass is 19.4. The van der Waals surface area contributed by atoms with Gasteiger partial charge >= 0.3 is 6.18 Å². The fourth-order valence-corrected chi connectivity index (χ4v) is 0.870. The van der Waals surface area contributed by atoms with Crippen molar-refractivity contribution in [3.63, 3.8) is 0 Å². The summed E-state index contributed by atoms with van der Waals surface area (Å²) in [5.41, 5.74) is -0.740. The number of benzene rings is 1. The summed E-state index contributed by atoms with van der Waals surface area (Å²) >= 11 is 0. The smallest absolute Gasteiger partial charge is 0.416 e. The summed E-state index contributed by atoms with van der Waals surface area (Å²) in [7, 11) is 0. The van der Waals surface area contributed by atoms with Crippen LogP contribution in [0.25, 0.3) is 0 Å². The van der Waals surface area contributed by atoms with E-state index in [1.807, 2.05) is 0 Å². The molecule has 76 valence electrons. The first-order valence-electron chi connectivity index (χ1n) is 3.78. The third-order valence-corrected chi connectivity index (χ3v) is 1.50. The monoisotopic (exact) mass is 204 g/mol. The van der Waals surface area contributed by atoms with Crippen molar-refractivity contribution in [2.24, 2.45) is 0 Å². The van der Waals surface area contributed by atoms with E-state index in [-0.39, 0.29) is 12.4 Å². The zero-order valence-corrected chi connectivity index (χ0v) is 7.04. The molecular formula is C9H7F3O2. The highest BCUT2D eigenvalue weighted by Crippen LogP contribution is 2.30. The maximum atomic E-state index is 12.1. The maximum Gasteiger partial charge on any atom is 0.416 e. The van der Waals surface area contributed by atoms with Gasteiger partial charge in [-0.2, -0.15) is 13.2 Å². The molecule has 0 amide bonds. The summed E-state index contributed by atoms with van der Waals surface area (Å²) in [4.78, 5) is 9.90. The molecule has 1 aromatic rings. The number of alkyl halides is 3. The van der Waals surface area contributed by atoms with Crippen LogP contribution >= 0.6 is 0 Å². The highest BCUT2D eigenvalue weighted by Gasteiger charge is 2.29. The van der Waals surface area contributed by atoms with Crippen LogP contribution in [0, 0.1) is 0 Å². The van der Waals surface area contributed by atoms with Crippen molar-refractivity contribution in [3.05, 3.63) is 29.8 Å². The Labute approximate surface area is 78.3 Å². The first kappa shape index (κ1) is 10.6. The Balaban J connectivity index is 2.73. The molecule has 0 atom stereocenters. The second-order valence-electron chi connectivity index (χ2n) is 2.50. The number of rotatable bonds is 3. The van der Waals surface area contributed by atoms with Gasteiger partial charge in [0.05, 0.1) is 5.56 Å². The summed E-state index contributed by atoms with van der Waals surface area (Å²) in [6.45, 7) is -0.161. The Morgan fingerprint density at radius 3 is 2.21 bits per heavy atom. The molecule has 5 heteroatoms. The SMILES string of the molecule is O=CCOc1ccc(C(F)(F)F)cc1. The van der Waals surface area contributed by atoms with E-state index in [0.29, 0.717) is 6.29 Å². The third-order valence-electron chi connectivity index (χ3n) is 1.50. The van der Waals surface area contributed by atoms with Crippen molar-refractivity contribution < 1.29 is 22.7 Å². The van der Waals surface area contributed by atoms with Crippen LogP contribution in [-0.2, 0) is 11.0 Å². The first-order chi connectivity index (χ1) is 6.54. The zero-order valence-electron chi connectivity index (χ0n) is 7.04. The van der Waals surface area contributed by atoms with Gasteiger partial charge in [-0.3, -0.25) is 4.79 Å². The summed E-state index contributed by atoms with van der Waals surface area (Å²) < 4.78 is 41.0. The van der Waals surface area contributed by atoms with E-state index < -0.39 is 11.7 Å². The maximum absolute atomic E-state index is 12.1. The van der Waals surface area contributed by atoms with E-state index in [0.717, 1.165) is 12.1 Å². The highest BCUT2D eigenvalue weighted by molar-refractivity contribution is 5.51. The van der Waals surface area contributed by atoms with Crippen LogP contribution < -0.4 is 4.74 Å². The minimum absolute atomic E-state index is 0.161. The number of aldehydes is 1. The predicted molar refractivity (Wildman–Crippen MR) is 43.0 cm³/mol. The molecule has 1 rings (SSSR count). The second-order valence-corrected chi connectivity index (χ2v) is 2.50. The molecule has 0 spiro atoms. The molecule has 0 radical (unpaired) electrons. The summed E-state index contributed by atoms with van der Waals surface area (Å²) in [5.74, 6) is 0.241. The lowest BCUT2D eigenvalue weighted by Crippen LogP contribution is -2.04. The molecule has 0 aromatic heterocycles. The minimum Gasteiger partial charge on any atom is -0.486 e. The van der Waals surface area contributed by atoms with Crippen LogP contribution in [0.5, 0.6) is 5.75 Å². The lowest BCUT2D eigenvalue weighted by Gasteiger charge is -2.07. The lowest BCUT2D eigenvalue weighted by molar-refractivity contribution is -0.137. The zero-order chi connectivity index (χ0) is 10.6. The number of halogens is 3. The molecule has 1 aromatic carbocycles. The van der Waals surface area contributed by atoms with Gasteiger partial charge in [0.15, 0.2) is 6.29 Å². The molecule has 14 heavy (non-hydrogen) atoms. The third kappa shape index (κ3) is 2.76. The van der Waals surface area contributed by atoms with Gasteiger partial charge in [0.25, 0.3) is 0 Å². The van der Waals surface area contributed by atoms with Gasteiger partial charge in [0.2, 0.25) is 0 Å². The molecule has 0 aliphatic rings. The minimum atomic E-state index is -4.34. The number of carbonyl (C=O) groups is 1. The average Bonchev–Trinajstić information content (AvgIpc) is 2.14. The van der Waals surface area contributed by atoms with E-state index in [4.69, 9.17) is 4.74 Å². The van der Waals surface area contributed by atoms with Crippen LogP contribution in [0.15, 0.2) is 24.3 Å². The second kappa shape index (κ2) is 4.13. The van der Waals surface area contributed by atoms with Gasteiger partial charge in [0.1, 0.15) is 12.4 Å². The quantitative estimate of drug-likeness (QED) is 0.706. The molecule has 0 bridgehead atoms. The van der Waals surface area contributed by atoms with Gasteiger partial charge < -0.3 is 4.74 Å². The van der Waals surface area contributed by atoms with Gasteiger partial charge in [-0.25, -0.2) is 0 Å². The van der Waals surface area contributed by atoms with Crippen molar-refractivity contribution in [1.29, 1.82) is 0 Å². The summed E-state index contributed by atoms with van der Waals surface area (Å²) in [6.07, 6.45) is -3.82. The van der Waals surface area contributed by atoms with E-state index >= 15 is 0 Å². The molecular weight excluding hydrogens is 197 g/mol. The Morgan fingerprint density at radius 1 is 1.21 bits per heavy atom. The predicted octanol–water partition coefficient (Wildman–Crippen LogP) is 2.28. The van der Waals surface area contributed by atoms with Crippen LogP contribution in [0.1, 0.15) is 5.56 Å². The Morgan fingerprint density at radius 2 is 1.79 bits per heavy atom. The average molecular weight is 204 g/mol.